The van der Waals surface area contributed by atoms with Gasteiger partial charge in [-0.1, -0.05) is 18.2 Å². The number of benzene rings is 2. The third kappa shape index (κ3) is 2.45. The monoisotopic (exact) mass is 248 g/mol. The minimum Gasteiger partial charge on any atom is -0.507 e. The molecule has 0 saturated heterocycles. The second-order valence-corrected chi connectivity index (χ2v) is 4.20. The number of aliphatic imine (C=N–C) groups is 1. The van der Waals surface area contributed by atoms with Gasteiger partial charge in [-0.05, 0) is 36.4 Å². The lowest BCUT2D eigenvalue weighted by Crippen LogP contribution is -1.81. The van der Waals surface area contributed by atoms with Crippen LogP contribution in [-0.4, -0.2) is 16.3 Å². The van der Waals surface area contributed by atoms with Crippen molar-refractivity contribution in [2.24, 2.45) is 4.99 Å². The fraction of sp³-hybridized carbons (Fsp3) is 0. The van der Waals surface area contributed by atoms with Crippen molar-refractivity contribution in [2.45, 2.75) is 0 Å². The van der Waals surface area contributed by atoms with Crippen LogP contribution in [0.3, 0.4) is 0 Å². The lowest BCUT2D eigenvalue weighted by Gasteiger charge is -1.99. The summed E-state index contributed by atoms with van der Waals surface area (Å²) in [6.07, 6.45) is 3.43. The van der Waals surface area contributed by atoms with Gasteiger partial charge < -0.3 is 5.11 Å². The Hall–Kier alpha value is -2.68. The zero-order chi connectivity index (χ0) is 13.1. The number of fused-ring (bicyclic) bond motifs is 1. The molecule has 92 valence electrons. The van der Waals surface area contributed by atoms with E-state index in [4.69, 9.17) is 0 Å². The van der Waals surface area contributed by atoms with Crippen LogP contribution in [0.15, 0.2) is 65.8 Å². The van der Waals surface area contributed by atoms with Crippen LogP contribution in [0.5, 0.6) is 5.75 Å². The first kappa shape index (κ1) is 11.4. The fourth-order valence-corrected chi connectivity index (χ4v) is 1.88. The molecule has 2 aromatic carbocycles. The van der Waals surface area contributed by atoms with E-state index < -0.39 is 0 Å². The van der Waals surface area contributed by atoms with Crippen LogP contribution in [0, 0.1) is 0 Å². The Balaban J connectivity index is 1.95. The van der Waals surface area contributed by atoms with Crippen molar-refractivity contribution in [3.05, 3.63) is 66.4 Å². The molecule has 1 heterocycles. The predicted octanol–water partition coefficient (Wildman–Crippen LogP) is 3.69. The average Bonchev–Trinajstić information content (AvgIpc) is 2.46. The normalized spacial score (nSPS) is 11.2. The van der Waals surface area contributed by atoms with E-state index in [0.29, 0.717) is 5.56 Å². The van der Waals surface area contributed by atoms with Crippen LogP contribution in [-0.2, 0) is 0 Å². The maximum atomic E-state index is 9.66. The topological polar surface area (TPSA) is 45.5 Å². The largest absolute Gasteiger partial charge is 0.507 e. The van der Waals surface area contributed by atoms with Gasteiger partial charge in [0.15, 0.2) is 0 Å². The van der Waals surface area contributed by atoms with E-state index in [0.717, 1.165) is 16.6 Å². The van der Waals surface area contributed by atoms with E-state index in [-0.39, 0.29) is 5.75 Å². The van der Waals surface area contributed by atoms with Crippen LogP contribution in [0.25, 0.3) is 10.9 Å². The molecule has 0 spiro atoms. The number of aromatic nitrogens is 1. The molecular weight excluding hydrogens is 236 g/mol. The molecule has 19 heavy (non-hydrogen) atoms. The summed E-state index contributed by atoms with van der Waals surface area (Å²) < 4.78 is 0. The third-order valence-electron chi connectivity index (χ3n) is 2.88. The summed E-state index contributed by atoms with van der Waals surface area (Å²) in [5.74, 6) is 0.230. The molecule has 0 fully saturated rings. The maximum Gasteiger partial charge on any atom is 0.124 e. The number of pyridine rings is 1. The zero-order valence-electron chi connectivity index (χ0n) is 10.2. The number of hydrogen-bond acceptors (Lipinski definition) is 3. The number of nitrogens with zero attached hydrogens (tertiary/aromatic N) is 2. The Morgan fingerprint density at radius 3 is 2.79 bits per heavy atom. The molecule has 0 aliphatic heterocycles. The minimum absolute atomic E-state index is 0.230. The van der Waals surface area contributed by atoms with E-state index in [1.54, 1.807) is 24.5 Å². The zero-order valence-corrected chi connectivity index (χ0v) is 10.2. The minimum atomic E-state index is 0.230. The first-order valence-electron chi connectivity index (χ1n) is 6.00. The first-order chi connectivity index (χ1) is 9.33. The molecule has 0 bridgehead atoms. The van der Waals surface area contributed by atoms with E-state index in [2.05, 4.69) is 9.98 Å². The standard InChI is InChI=1S/C16H12N2O/c19-16-6-2-1-4-13(16)11-18-14-7-8-15-12(10-14)5-3-9-17-15/h1-11,19H. The van der Waals surface area contributed by atoms with Gasteiger partial charge in [-0.25, -0.2) is 0 Å². The van der Waals surface area contributed by atoms with Gasteiger partial charge in [-0.2, -0.15) is 0 Å². The van der Waals surface area contributed by atoms with Gasteiger partial charge >= 0.3 is 0 Å². The van der Waals surface area contributed by atoms with Crippen molar-refractivity contribution >= 4 is 22.8 Å². The molecule has 3 heteroatoms. The van der Waals surface area contributed by atoms with Crippen molar-refractivity contribution in [1.82, 2.24) is 4.98 Å². The third-order valence-corrected chi connectivity index (χ3v) is 2.88. The van der Waals surface area contributed by atoms with Gasteiger partial charge in [0, 0.05) is 23.4 Å². The van der Waals surface area contributed by atoms with Crippen molar-refractivity contribution in [2.75, 3.05) is 0 Å². The van der Waals surface area contributed by atoms with Gasteiger partial charge in [-0.15, -0.1) is 0 Å². The number of phenolic OH excluding ortho intramolecular Hbond substituents is 1. The number of hydrogen-bond donors (Lipinski definition) is 1. The molecule has 3 nitrogen and oxygen atoms in total. The van der Waals surface area contributed by atoms with Crippen LogP contribution >= 0.6 is 0 Å². The molecule has 0 saturated carbocycles. The highest BCUT2D eigenvalue weighted by atomic mass is 16.3. The SMILES string of the molecule is Oc1ccccc1C=Nc1ccc2ncccc2c1. The van der Waals surface area contributed by atoms with Crippen LogP contribution in [0.4, 0.5) is 5.69 Å². The van der Waals surface area contributed by atoms with Gasteiger partial charge in [0.2, 0.25) is 0 Å². The van der Waals surface area contributed by atoms with E-state index >= 15 is 0 Å². The first-order valence-corrected chi connectivity index (χ1v) is 6.00. The van der Waals surface area contributed by atoms with Crippen molar-refractivity contribution < 1.29 is 5.11 Å². The van der Waals surface area contributed by atoms with Gasteiger partial charge in [0.05, 0.1) is 11.2 Å². The second kappa shape index (κ2) is 4.90. The Kier molecular flexibility index (Phi) is 2.94. The molecule has 0 radical (unpaired) electrons. The molecule has 0 unspecified atom stereocenters. The number of phenols is 1. The molecular formula is C16H12N2O. The Labute approximate surface area is 110 Å². The van der Waals surface area contributed by atoms with Crippen molar-refractivity contribution in [3.63, 3.8) is 0 Å². The van der Waals surface area contributed by atoms with Gasteiger partial charge in [0.25, 0.3) is 0 Å². The quantitative estimate of drug-likeness (QED) is 0.703. The van der Waals surface area contributed by atoms with Gasteiger partial charge in [-0.3, -0.25) is 9.98 Å². The molecule has 3 rings (SSSR count). The number of rotatable bonds is 2. The highest BCUT2D eigenvalue weighted by molar-refractivity contribution is 5.87. The Morgan fingerprint density at radius 1 is 1.00 bits per heavy atom. The summed E-state index contributed by atoms with van der Waals surface area (Å²) in [6.45, 7) is 0. The van der Waals surface area contributed by atoms with E-state index in [1.165, 1.54) is 0 Å². The summed E-state index contributed by atoms with van der Waals surface area (Å²) in [6, 6.07) is 16.8. The lowest BCUT2D eigenvalue weighted by atomic mass is 10.2. The van der Waals surface area contributed by atoms with E-state index in [1.807, 2.05) is 42.5 Å². The molecule has 0 amide bonds. The highest BCUT2D eigenvalue weighted by Gasteiger charge is 1.97. The summed E-state index contributed by atoms with van der Waals surface area (Å²) >= 11 is 0. The summed E-state index contributed by atoms with van der Waals surface area (Å²) in [7, 11) is 0. The van der Waals surface area contributed by atoms with E-state index in [9.17, 15) is 5.11 Å². The second-order valence-electron chi connectivity index (χ2n) is 4.20. The Morgan fingerprint density at radius 2 is 1.89 bits per heavy atom. The molecule has 0 aliphatic carbocycles. The van der Waals surface area contributed by atoms with Gasteiger partial charge in [0.1, 0.15) is 5.75 Å². The summed E-state index contributed by atoms with van der Waals surface area (Å²) in [5.41, 5.74) is 2.49. The molecule has 0 atom stereocenters. The molecule has 1 N–H and O–H groups in total. The maximum absolute atomic E-state index is 9.66. The van der Waals surface area contributed by atoms with Crippen molar-refractivity contribution in [3.8, 4) is 5.75 Å². The van der Waals surface area contributed by atoms with Crippen LogP contribution in [0.2, 0.25) is 0 Å². The number of aromatic hydroxyl groups is 1. The highest BCUT2D eigenvalue weighted by Crippen LogP contribution is 2.20. The summed E-state index contributed by atoms with van der Waals surface area (Å²) in [4.78, 5) is 8.64. The summed E-state index contributed by atoms with van der Waals surface area (Å²) in [5, 5.41) is 10.7. The van der Waals surface area contributed by atoms with Crippen LogP contribution < -0.4 is 0 Å². The predicted molar refractivity (Wildman–Crippen MR) is 77.1 cm³/mol. The molecule has 1 aromatic heterocycles. The van der Waals surface area contributed by atoms with Crippen molar-refractivity contribution in [1.29, 1.82) is 0 Å². The lowest BCUT2D eigenvalue weighted by molar-refractivity contribution is 0.474. The Bertz CT molecular complexity index is 750. The number of para-hydroxylation sites is 1. The van der Waals surface area contributed by atoms with Crippen LogP contribution in [0.1, 0.15) is 5.56 Å². The fourth-order valence-electron chi connectivity index (χ4n) is 1.88. The molecule has 3 aromatic rings. The smallest absolute Gasteiger partial charge is 0.124 e. The average molecular weight is 248 g/mol. The molecule has 0 aliphatic rings.